The molecule has 0 aliphatic heterocycles. The Morgan fingerprint density at radius 3 is 2.69 bits per heavy atom. The van der Waals surface area contributed by atoms with E-state index in [0.717, 1.165) is 0 Å². The Labute approximate surface area is 95.0 Å². The molecular weight excluding hydrogens is 359 g/mol. The lowest BCUT2D eigenvalue weighted by Crippen LogP contribution is -1.98. The Kier molecular flexibility index (Phi) is 3.72. The molecular formula is C7H3BrF2INO. The maximum absolute atomic E-state index is 12.3. The van der Waals surface area contributed by atoms with Crippen molar-refractivity contribution in [2.24, 2.45) is 0 Å². The molecule has 0 radical (unpaired) electrons. The van der Waals surface area contributed by atoms with Gasteiger partial charge in [-0.3, -0.25) is 4.79 Å². The van der Waals surface area contributed by atoms with Gasteiger partial charge in [0.1, 0.15) is 9.39 Å². The van der Waals surface area contributed by atoms with Gasteiger partial charge >= 0.3 is 0 Å². The molecule has 0 amide bonds. The number of carbonyl (C=O) groups is 1. The Hall–Kier alpha value is -0.110. The van der Waals surface area contributed by atoms with Gasteiger partial charge in [-0.25, -0.2) is 13.8 Å². The van der Waals surface area contributed by atoms with Gasteiger partial charge in [0.15, 0.2) is 6.29 Å². The zero-order valence-electron chi connectivity index (χ0n) is 6.10. The van der Waals surface area contributed by atoms with Crippen LogP contribution >= 0.6 is 38.5 Å². The second-order valence-electron chi connectivity index (χ2n) is 2.15. The van der Waals surface area contributed by atoms with Crippen molar-refractivity contribution in [3.05, 3.63) is 25.5 Å². The fourth-order valence-electron chi connectivity index (χ4n) is 0.729. The first-order valence-corrected chi connectivity index (χ1v) is 5.02. The van der Waals surface area contributed by atoms with Crippen LogP contribution in [0.5, 0.6) is 0 Å². The van der Waals surface area contributed by atoms with Gasteiger partial charge in [-0.2, -0.15) is 0 Å². The van der Waals surface area contributed by atoms with Gasteiger partial charge in [-0.1, -0.05) is 0 Å². The van der Waals surface area contributed by atoms with E-state index in [1.54, 1.807) is 22.6 Å². The van der Waals surface area contributed by atoms with E-state index in [1.165, 1.54) is 6.07 Å². The van der Waals surface area contributed by atoms with Crippen LogP contribution in [0, 0.1) is 3.70 Å². The summed E-state index contributed by atoms with van der Waals surface area (Å²) >= 11 is 4.66. The Balaban J connectivity index is 3.28. The molecule has 0 aliphatic rings. The number of hydrogen-bond acceptors (Lipinski definition) is 2. The first-order valence-electron chi connectivity index (χ1n) is 3.15. The summed E-state index contributed by atoms with van der Waals surface area (Å²) in [5.41, 5.74) is -0.0353. The van der Waals surface area contributed by atoms with Crippen molar-refractivity contribution in [2.45, 2.75) is 6.43 Å². The quantitative estimate of drug-likeness (QED) is 0.460. The summed E-state index contributed by atoms with van der Waals surface area (Å²) in [4.78, 5) is 14.0. The highest BCUT2D eigenvalue weighted by atomic mass is 127. The minimum atomic E-state index is -2.64. The summed E-state index contributed by atoms with van der Waals surface area (Å²) in [7, 11) is 0. The summed E-state index contributed by atoms with van der Waals surface area (Å²) in [5.74, 6) is 0. The smallest absolute Gasteiger partial charge is 0.281 e. The third-order valence-corrected chi connectivity index (χ3v) is 2.82. The number of halogens is 4. The van der Waals surface area contributed by atoms with Crippen LogP contribution in [-0.4, -0.2) is 11.3 Å². The molecule has 13 heavy (non-hydrogen) atoms. The highest BCUT2D eigenvalue weighted by molar-refractivity contribution is 14.1. The first-order chi connectivity index (χ1) is 6.06. The predicted octanol–water partition coefficient (Wildman–Crippen LogP) is 3.20. The van der Waals surface area contributed by atoms with Gasteiger partial charge in [0, 0.05) is 10.0 Å². The lowest BCUT2D eigenvalue weighted by atomic mass is 10.3. The topological polar surface area (TPSA) is 30.0 Å². The summed E-state index contributed by atoms with van der Waals surface area (Å²) in [5, 5.41) is 0. The number of pyridine rings is 1. The van der Waals surface area contributed by atoms with Gasteiger partial charge in [0.25, 0.3) is 6.43 Å². The molecule has 0 N–H and O–H groups in total. The molecule has 0 saturated heterocycles. The zero-order valence-corrected chi connectivity index (χ0v) is 9.84. The SMILES string of the molecule is O=Cc1cc(Br)c(C(F)F)nc1I. The maximum atomic E-state index is 12.3. The van der Waals surface area contributed by atoms with Crippen LogP contribution in [0.15, 0.2) is 10.5 Å². The van der Waals surface area contributed by atoms with Crippen LogP contribution in [0.1, 0.15) is 22.5 Å². The van der Waals surface area contributed by atoms with E-state index in [-0.39, 0.29) is 13.9 Å². The molecule has 1 rings (SSSR count). The second kappa shape index (κ2) is 4.41. The molecule has 0 fully saturated rings. The number of aromatic nitrogens is 1. The number of hydrogen-bond donors (Lipinski definition) is 0. The van der Waals surface area contributed by atoms with Crippen LogP contribution in [-0.2, 0) is 0 Å². The minimum Gasteiger partial charge on any atom is -0.298 e. The van der Waals surface area contributed by atoms with Crippen LogP contribution in [0.3, 0.4) is 0 Å². The molecule has 6 heteroatoms. The first kappa shape index (κ1) is 11.0. The number of aldehydes is 1. The number of rotatable bonds is 2. The van der Waals surface area contributed by atoms with Crippen LogP contribution in [0.25, 0.3) is 0 Å². The molecule has 0 atom stereocenters. The van der Waals surface area contributed by atoms with Crippen molar-refractivity contribution in [1.29, 1.82) is 0 Å². The summed E-state index contributed by atoms with van der Waals surface area (Å²) in [6, 6.07) is 1.34. The van der Waals surface area contributed by atoms with E-state index in [4.69, 9.17) is 0 Å². The third-order valence-electron chi connectivity index (χ3n) is 1.32. The molecule has 0 aliphatic carbocycles. The van der Waals surface area contributed by atoms with E-state index >= 15 is 0 Å². The molecule has 0 unspecified atom stereocenters. The normalized spacial score (nSPS) is 10.5. The van der Waals surface area contributed by atoms with Crippen molar-refractivity contribution >= 4 is 44.8 Å². The van der Waals surface area contributed by atoms with Crippen molar-refractivity contribution < 1.29 is 13.6 Å². The summed E-state index contributed by atoms with van der Waals surface area (Å²) in [6.07, 6.45) is -2.06. The van der Waals surface area contributed by atoms with E-state index in [0.29, 0.717) is 11.8 Å². The molecule has 0 saturated carbocycles. The van der Waals surface area contributed by atoms with Gasteiger partial charge < -0.3 is 0 Å². The third kappa shape index (κ3) is 2.43. The average molecular weight is 362 g/mol. The number of nitrogens with zero attached hydrogens (tertiary/aromatic N) is 1. The molecule has 0 bridgehead atoms. The maximum Gasteiger partial charge on any atom is 0.281 e. The zero-order chi connectivity index (χ0) is 10.0. The van der Waals surface area contributed by atoms with E-state index in [1.807, 2.05) is 0 Å². The standard InChI is InChI=1S/C7H3BrF2INO/c8-4-1-3(2-13)7(11)12-5(4)6(9)10/h1-2,6H. The van der Waals surface area contributed by atoms with Gasteiger partial charge in [0.2, 0.25) is 0 Å². The fourth-order valence-corrected chi connectivity index (χ4v) is 1.78. The van der Waals surface area contributed by atoms with Gasteiger partial charge in [0.05, 0.1) is 0 Å². The van der Waals surface area contributed by atoms with Crippen LogP contribution < -0.4 is 0 Å². The lowest BCUT2D eigenvalue weighted by molar-refractivity contribution is 0.112. The van der Waals surface area contributed by atoms with Crippen molar-refractivity contribution in [2.75, 3.05) is 0 Å². The van der Waals surface area contributed by atoms with Crippen molar-refractivity contribution in [3.63, 3.8) is 0 Å². The molecule has 1 aromatic rings. The van der Waals surface area contributed by atoms with E-state index in [9.17, 15) is 13.6 Å². The van der Waals surface area contributed by atoms with Crippen molar-refractivity contribution in [1.82, 2.24) is 4.98 Å². The molecule has 1 heterocycles. The monoisotopic (exact) mass is 361 g/mol. The van der Waals surface area contributed by atoms with Crippen molar-refractivity contribution in [3.8, 4) is 0 Å². The number of alkyl halides is 2. The molecule has 2 nitrogen and oxygen atoms in total. The minimum absolute atomic E-state index is 0.157. The highest BCUT2D eigenvalue weighted by Gasteiger charge is 2.15. The predicted molar refractivity (Wildman–Crippen MR) is 55.0 cm³/mol. The van der Waals surface area contributed by atoms with Crippen LogP contribution in [0.4, 0.5) is 8.78 Å². The molecule has 0 spiro atoms. The largest absolute Gasteiger partial charge is 0.298 e. The van der Waals surface area contributed by atoms with E-state index < -0.39 is 6.43 Å². The molecule has 1 aromatic heterocycles. The van der Waals surface area contributed by atoms with Crippen LogP contribution in [0.2, 0.25) is 0 Å². The van der Waals surface area contributed by atoms with Gasteiger partial charge in [-0.05, 0) is 44.6 Å². The number of carbonyl (C=O) groups excluding carboxylic acids is 1. The summed E-state index contributed by atoms with van der Waals surface area (Å²) < 4.78 is 25.0. The van der Waals surface area contributed by atoms with E-state index in [2.05, 4.69) is 20.9 Å². The highest BCUT2D eigenvalue weighted by Crippen LogP contribution is 2.27. The Morgan fingerprint density at radius 1 is 1.62 bits per heavy atom. The lowest BCUT2D eigenvalue weighted by Gasteiger charge is -2.04. The second-order valence-corrected chi connectivity index (χ2v) is 4.03. The molecule has 0 aromatic carbocycles. The Bertz CT molecular complexity index is 346. The molecule has 70 valence electrons. The fraction of sp³-hybridized carbons (Fsp3) is 0.143. The summed E-state index contributed by atoms with van der Waals surface area (Å²) in [6.45, 7) is 0. The Morgan fingerprint density at radius 2 is 2.23 bits per heavy atom. The average Bonchev–Trinajstić information content (AvgIpc) is 2.07. The van der Waals surface area contributed by atoms with Gasteiger partial charge in [-0.15, -0.1) is 0 Å².